The zero-order chi connectivity index (χ0) is 9.80. The van der Waals surface area contributed by atoms with Gasteiger partial charge in [-0.1, -0.05) is 0 Å². The molecule has 0 aromatic heterocycles. The molecule has 2 fully saturated rings. The van der Waals surface area contributed by atoms with Crippen molar-refractivity contribution in [3.8, 4) is 0 Å². The molecule has 0 spiro atoms. The third-order valence-corrected chi connectivity index (χ3v) is 3.60. The van der Waals surface area contributed by atoms with E-state index in [0.29, 0.717) is 12.5 Å². The SMILES string of the molecule is OCC1CCN(CC2CCNCC2)C1. The highest BCUT2D eigenvalue weighted by molar-refractivity contribution is 4.79. The molecule has 2 aliphatic rings. The summed E-state index contributed by atoms with van der Waals surface area (Å²) in [6.07, 6.45) is 3.86. The van der Waals surface area contributed by atoms with Crippen molar-refractivity contribution in [1.82, 2.24) is 10.2 Å². The standard InChI is InChI=1S/C11H22N2O/c14-9-11-3-6-13(8-11)7-10-1-4-12-5-2-10/h10-12,14H,1-9H2. The first-order valence-electron chi connectivity index (χ1n) is 5.92. The van der Waals surface area contributed by atoms with Crippen LogP contribution in [0.2, 0.25) is 0 Å². The lowest BCUT2D eigenvalue weighted by Crippen LogP contribution is -2.35. The number of likely N-dealkylation sites (tertiary alicyclic amines) is 1. The van der Waals surface area contributed by atoms with Crippen LogP contribution in [0.3, 0.4) is 0 Å². The average molecular weight is 198 g/mol. The van der Waals surface area contributed by atoms with Gasteiger partial charge in [-0.05, 0) is 50.7 Å². The van der Waals surface area contributed by atoms with E-state index >= 15 is 0 Å². The lowest BCUT2D eigenvalue weighted by molar-refractivity contribution is 0.203. The Labute approximate surface area is 86.5 Å². The van der Waals surface area contributed by atoms with E-state index in [2.05, 4.69) is 10.2 Å². The van der Waals surface area contributed by atoms with Crippen molar-refractivity contribution in [2.24, 2.45) is 11.8 Å². The highest BCUT2D eigenvalue weighted by Crippen LogP contribution is 2.20. The van der Waals surface area contributed by atoms with E-state index in [4.69, 9.17) is 5.11 Å². The Morgan fingerprint density at radius 2 is 1.93 bits per heavy atom. The second-order valence-corrected chi connectivity index (χ2v) is 4.79. The van der Waals surface area contributed by atoms with Gasteiger partial charge < -0.3 is 15.3 Å². The molecule has 2 aliphatic heterocycles. The molecule has 0 bridgehead atoms. The van der Waals surface area contributed by atoms with Crippen LogP contribution in [-0.2, 0) is 0 Å². The molecule has 0 aromatic rings. The van der Waals surface area contributed by atoms with Gasteiger partial charge in [-0.3, -0.25) is 0 Å². The van der Waals surface area contributed by atoms with Crippen LogP contribution < -0.4 is 5.32 Å². The molecule has 0 aromatic carbocycles. The third kappa shape index (κ3) is 2.69. The van der Waals surface area contributed by atoms with Crippen molar-refractivity contribution in [3.63, 3.8) is 0 Å². The molecular formula is C11H22N2O. The summed E-state index contributed by atoms with van der Waals surface area (Å²) in [7, 11) is 0. The van der Waals surface area contributed by atoms with E-state index in [-0.39, 0.29) is 0 Å². The molecule has 2 saturated heterocycles. The fourth-order valence-corrected chi connectivity index (χ4v) is 2.66. The molecule has 2 N–H and O–H groups in total. The summed E-state index contributed by atoms with van der Waals surface area (Å²) in [5.74, 6) is 1.45. The molecule has 3 heteroatoms. The lowest BCUT2D eigenvalue weighted by Gasteiger charge is -2.27. The van der Waals surface area contributed by atoms with Crippen molar-refractivity contribution >= 4 is 0 Å². The fourth-order valence-electron chi connectivity index (χ4n) is 2.66. The van der Waals surface area contributed by atoms with Gasteiger partial charge in [-0.25, -0.2) is 0 Å². The Morgan fingerprint density at radius 3 is 2.57 bits per heavy atom. The van der Waals surface area contributed by atoms with Gasteiger partial charge in [0.2, 0.25) is 0 Å². The molecule has 1 unspecified atom stereocenters. The Morgan fingerprint density at radius 1 is 1.14 bits per heavy atom. The fraction of sp³-hybridized carbons (Fsp3) is 1.00. The van der Waals surface area contributed by atoms with Crippen molar-refractivity contribution in [1.29, 1.82) is 0 Å². The minimum absolute atomic E-state index is 0.378. The zero-order valence-electron chi connectivity index (χ0n) is 8.91. The smallest absolute Gasteiger partial charge is 0.0471 e. The van der Waals surface area contributed by atoms with Crippen LogP contribution in [0, 0.1) is 11.8 Å². The van der Waals surface area contributed by atoms with E-state index in [0.717, 1.165) is 12.5 Å². The minimum atomic E-state index is 0.378. The summed E-state index contributed by atoms with van der Waals surface area (Å²) >= 11 is 0. The summed E-state index contributed by atoms with van der Waals surface area (Å²) in [5, 5.41) is 12.5. The Hall–Kier alpha value is -0.120. The highest BCUT2D eigenvalue weighted by atomic mass is 16.3. The van der Waals surface area contributed by atoms with Gasteiger partial charge in [0.05, 0.1) is 0 Å². The first-order chi connectivity index (χ1) is 6.88. The van der Waals surface area contributed by atoms with Gasteiger partial charge >= 0.3 is 0 Å². The molecule has 82 valence electrons. The summed E-state index contributed by atoms with van der Waals surface area (Å²) < 4.78 is 0. The molecule has 1 atom stereocenters. The number of nitrogens with one attached hydrogen (secondary N) is 1. The van der Waals surface area contributed by atoms with Crippen molar-refractivity contribution in [2.45, 2.75) is 19.3 Å². The van der Waals surface area contributed by atoms with Crippen molar-refractivity contribution < 1.29 is 5.11 Å². The van der Waals surface area contributed by atoms with E-state index in [9.17, 15) is 0 Å². The number of nitrogens with zero attached hydrogens (tertiary/aromatic N) is 1. The van der Waals surface area contributed by atoms with Crippen molar-refractivity contribution in [2.75, 3.05) is 39.3 Å². The zero-order valence-corrected chi connectivity index (χ0v) is 8.91. The molecule has 2 rings (SSSR count). The van der Waals surface area contributed by atoms with Crippen LogP contribution >= 0.6 is 0 Å². The maximum absolute atomic E-state index is 9.05. The molecule has 0 radical (unpaired) electrons. The number of piperidine rings is 1. The Balaban J connectivity index is 1.69. The van der Waals surface area contributed by atoms with Crippen LogP contribution in [0.1, 0.15) is 19.3 Å². The molecule has 0 saturated carbocycles. The number of hydrogen-bond acceptors (Lipinski definition) is 3. The maximum atomic E-state index is 9.05. The summed E-state index contributed by atoms with van der Waals surface area (Å²) in [6.45, 7) is 6.36. The lowest BCUT2D eigenvalue weighted by atomic mass is 9.98. The maximum Gasteiger partial charge on any atom is 0.0471 e. The van der Waals surface area contributed by atoms with Crippen LogP contribution in [0.4, 0.5) is 0 Å². The number of aliphatic hydroxyl groups is 1. The number of hydrogen-bond donors (Lipinski definition) is 2. The van der Waals surface area contributed by atoms with E-state index in [1.54, 1.807) is 0 Å². The van der Waals surface area contributed by atoms with E-state index in [1.165, 1.54) is 45.4 Å². The third-order valence-electron chi connectivity index (χ3n) is 3.60. The van der Waals surface area contributed by atoms with Gasteiger partial charge in [0.1, 0.15) is 0 Å². The van der Waals surface area contributed by atoms with Crippen molar-refractivity contribution in [3.05, 3.63) is 0 Å². The minimum Gasteiger partial charge on any atom is -0.396 e. The van der Waals surface area contributed by atoms with E-state index in [1.807, 2.05) is 0 Å². The quantitative estimate of drug-likeness (QED) is 0.684. The summed E-state index contributed by atoms with van der Waals surface area (Å²) in [5.41, 5.74) is 0. The summed E-state index contributed by atoms with van der Waals surface area (Å²) in [6, 6.07) is 0. The van der Waals surface area contributed by atoms with Gasteiger partial charge in [-0.15, -0.1) is 0 Å². The predicted octanol–water partition coefficient (Wildman–Crippen LogP) is 0.300. The first kappa shape index (κ1) is 10.4. The van der Waals surface area contributed by atoms with Crippen LogP contribution in [0.5, 0.6) is 0 Å². The molecule has 14 heavy (non-hydrogen) atoms. The van der Waals surface area contributed by atoms with Crippen LogP contribution in [0.25, 0.3) is 0 Å². The Kier molecular flexibility index (Phi) is 3.79. The topological polar surface area (TPSA) is 35.5 Å². The van der Waals surface area contributed by atoms with Crippen LogP contribution in [-0.4, -0.2) is 49.3 Å². The van der Waals surface area contributed by atoms with Gasteiger partial charge in [-0.2, -0.15) is 0 Å². The second kappa shape index (κ2) is 5.10. The number of aliphatic hydroxyl groups excluding tert-OH is 1. The van der Waals surface area contributed by atoms with Gasteiger partial charge in [0.15, 0.2) is 0 Å². The first-order valence-corrected chi connectivity index (χ1v) is 5.92. The monoisotopic (exact) mass is 198 g/mol. The molecular weight excluding hydrogens is 176 g/mol. The average Bonchev–Trinajstić information content (AvgIpc) is 2.67. The molecule has 0 amide bonds. The highest BCUT2D eigenvalue weighted by Gasteiger charge is 2.24. The Bertz CT molecular complexity index is 169. The molecule has 0 aliphatic carbocycles. The van der Waals surface area contributed by atoms with E-state index < -0.39 is 0 Å². The number of rotatable bonds is 3. The second-order valence-electron chi connectivity index (χ2n) is 4.79. The summed E-state index contributed by atoms with van der Waals surface area (Å²) in [4.78, 5) is 2.54. The normalized spacial score (nSPS) is 31.1. The molecule has 2 heterocycles. The van der Waals surface area contributed by atoms with Crippen LogP contribution in [0.15, 0.2) is 0 Å². The predicted molar refractivity (Wildman–Crippen MR) is 57.2 cm³/mol. The van der Waals surface area contributed by atoms with Gasteiger partial charge in [0.25, 0.3) is 0 Å². The van der Waals surface area contributed by atoms with Gasteiger partial charge in [0, 0.05) is 19.7 Å². The molecule has 3 nitrogen and oxygen atoms in total. The largest absolute Gasteiger partial charge is 0.396 e.